The van der Waals surface area contributed by atoms with Crippen LogP contribution in [0.15, 0.2) is 0 Å². The van der Waals surface area contributed by atoms with E-state index in [-0.39, 0.29) is 5.41 Å². The van der Waals surface area contributed by atoms with Crippen molar-refractivity contribution in [1.29, 1.82) is 0 Å². The summed E-state index contributed by atoms with van der Waals surface area (Å²) in [7, 11) is 0. The second kappa shape index (κ2) is 4.00. The molecule has 0 bridgehead atoms. The Morgan fingerprint density at radius 2 is 1.82 bits per heavy atom. The molecular weight excluding hydrogens is 210 g/mol. The highest BCUT2D eigenvalue weighted by molar-refractivity contribution is 5.83. The Morgan fingerprint density at radius 1 is 1.24 bits per heavy atom. The van der Waals surface area contributed by atoms with Gasteiger partial charge >= 0.3 is 0 Å². The van der Waals surface area contributed by atoms with E-state index in [1.54, 1.807) is 0 Å². The monoisotopic (exact) mass is 237 g/mol. The fourth-order valence-electron chi connectivity index (χ4n) is 3.56. The molecule has 17 heavy (non-hydrogen) atoms. The largest absolute Gasteiger partial charge is 0.342 e. The normalized spacial score (nSPS) is 32.4. The molecule has 1 amide bonds. The molecule has 2 aliphatic rings. The number of carbonyl (C=O) groups is 1. The lowest BCUT2D eigenvalue weighted by atomic mass is 9.69. The van der Waals surface area contributed by atoms with Crippen molar-refractivity contribution in [1.82, 2.24) is 4.90 Å². The lowest BCUT2D eigenvalue weighted by molar-refractivity contribution is -0.145. The molecular formula is C15H27NO. The van der Waals surface area contributed by atoms with Crippen LogP contribution in [0.25, 0.3) is 0 Å². The van der Waals surface area contributed by atoms with E-state index >= 15 is 0 Å². The highest BCUT2D eigenvalue weighted by Gasteiger charge is 2.46. The molecule has 0 radical (unpaired) electrons. The minimum Gasteiger partial charge on any atom is -0.342 e. The molecule has 2 heteroatoms. The van der Waals surface area contributed by atoms with Crippen molar-refractivity contribution in [2.45, 2.75) is 53.9 Å². The SMILES string of the molecule is CC1CN(C(=O)C2(C)CCC2)CC1C(C)(C)C. The molecule has 1 saturated carbocycles. The quantitative estimate of drug-likeness (QED) is 0.685. The van der Waals surface area contributed by atoms with E-state index in [0.717, 1.165) is 25.9 Å². The molecule has 2 nitrogen and oxygen atoms in total. The van der Waals surface area contributed by atoms with Crippen LogP contribution in [0.4, 0.5) is 0 Å². The third-order valence-corrected chi connectivity index (χ3v) is 4.99. The lowest BCUT2D eigenvalue weighted by Crippen LogP contribution is -2.45. The predicted molar refractivity (Wildman–Crippen MR) is 70.6 cm³/mol. The van der Waals surface area contributed by atoms with Crippen LogP contribution in [0, 0.1) is 22.7 Å². The highest BCUT2D eigenvalue weighted by atomic mass is 16.2. The summed E-state index contributed by atoms with van der Waals surface area (Å²) in [5.74, 6) is 1.71. The zero-order valence-corrected chi connectivity index (χ0v) is 12.0. The Kier molecular flexibility index (Phi) is 3.04. The summed E-state index contributed by atoms with van der Waals surface area (Å²) >= 11 is 0. The van der Waals surface area contributed by atoms with Crippen LogP contribution in [0.1, 0.15) is 53.9 Å². The standard InChI is InChI=1S/C15H27NO/c1-11-9-16(10-12(11)14(2,3)4)13(17)15(5)7-6-8-15/h11-12H,6-10H2,1-5H3. The first kappa shape index (κ1) is 12.9. The first-order valence-electron chi connectivity index (χ1n) is 7.03. The van der Waals surface area contributed by atoms with Crippen LogP contribution in [0.5, 0.6) is 0 Å². The van der Waals surface area contributed by atoms with Gasteiger partial charge in [-0.05, 0) is 30.1 Å². The van der Waals surface area contributed by atoms with Crippen molar-refractivity contribution >= 4 is 5.91 Å². The van der Waals surface area contributed by atoms with Crippen LogP contribution >= 0.6 is 0 Å². The minimum atomic E-state index is -0.0213. The Balaban J connectivity index is 2.04. The summed E-state index contributed by atoms with van der Waals surface area (Å²) in [6.45, 7) is 13.3. The summed E-state index contributed by atoms with van der Waals surface area (Å²) in [5.41, 5.74) is 0.293. The maximum Gasteiger partial charge on any atom is 0.228 e. The number of amides is 1. The van der Waals surface area contributed by atoms with E-state index in [4.69, 9.17) is 0 Å². The Hall–Kier alpha value is -0.530. The molecule has 0 N–H and O–H groups in total. The molecule has 98 valence electrons. The summed E-state index contributed by atoms with van der Waals surface area (Å²) < 4.78 is 0. The fraction of sp³-hybridized carbons (Fsp3) is 0.933. The molecule has 2 unspecified atom stereocenters. The molecule has 0 spiro atoms. The van der Waals surface area contributed by atoms with Gasteiger partial charge in [0.1, 0.15) is 0 Å². The number of hydrogen-bond donors (Lipinski definition) is 0. The third-order valence-electron chi connectivity index (χ3n) is 4.99. The Morgan fingerprint density at radius 3 is 2.18 bits per heavy atom. The second-order valence-electron chi connectivity index (χ2n) is 7.57. The van der Waals surface area contributed by atoms with Crippen molar-refractivity contribution < 1.29 is 4.79 Å². The van der Waals surface area contributed by atoms with E-state index in [0.29, 0.717) is 23.2 Å². The van der Waals surface area contributed by atoms with Crippen molar-refractivity contribution in [2.75, 3.05) is 13.1 Å². The zero-order chi connectivity index (χ0) is 12.8. The van der Waals surface area contributed by atoms with Gasteiger partial charge in [-0.1, -0.05) is 41.0 Å². The molecule has 0 aromatic heterocycles. The van der Waals surface area contributed by atoms with Crippen LogP contribution in [-0.4, -0.2) is 23.9 Å². The van der Waals surface area contributed by atoms with Gasteiger partial charge in [-0.2, -0.15) is 0 Å². The van der Waals surface area contributed by atoms with Crippen molar-refractivity contribution in [3.8, 4) is 0 Å². The van der Waals surface area contributed by atoms with Gasteiger partial charge in [0.05, 0.1) is 0 Å². The van der Waals surface area contributed by atoms with Crippen LogP contribution in [0.2, 0.25) is 0 Å². The van der Waals surface area contributed by atoms with Crippen molar-refractivity contribution in [3.05, 3.63) is 0 Å². The predicted octanol–water partition coefficient (Wildman–Crippen LogP) is 3.32. The van der Waals surface area contributed by atoms with E-state index < -0.39 is 0 Å². The Labute approximate surface area is 106 Å². The van der Waals surface area contributed by atoms with Crippen LogP contribution in [-0.2, 0) is 4.79 Å². The van der Waals surface area contributed by atoms with Gasteiger partial charge in [-0.15, -0.1) is 0 Å². The summed E-state index contributed by atoms with van der Waals surface area (Å²) in [5, 5.41) is 0. The molecule has 1 saturated heterocycles. The molecule has 0 aromatic carbocycles. The molecule has 0 aromatic rings. The van der Waals surface area contributed by atoms with Crippen LogP contribution in [0.3, 0.4) is 0 Å². The van der Waals surface area contributed by atoms with Gasteiger partial charge in [0, 0.05) is 18.5 Å². The summed E-state index contributed by atoms with van der Waals surface area (Å²) in [4.78, 5) is 14.6. The lowest BCUT2D eigenvalue weighted by Gasteiger charge is -2.40. The molecule has 2 fully saturated rings. The average Bonchev–Trinajstić information content (AvgIpc) is 2.55. The van der Waals surface area contributed by atoms with Crippen molar-refractivity contribution in [3.63, 3.8) is 0 Å². The van der Waals surface area contributed by atoms with Gasteiger partial charge in [0.25, 0.3) is 0 Å². The first-order valence-corrected chi connectivity index (χ1v) is 7.03. The van der Waals surface area contributed by atoms with Gasteiger partial charge in [-0.3, -0.25) is 4.79 Å². The number of nitrogens with zero attached hydrogens (tertiary/aromatic N) is 1. The zero-order valence-electron chi connectivity index (χ0n) is 12.0. The van der Waals surface area contributed by atoms with E-state index in [1.807, 2.05) is 0 Å². The smallest absolute Gasteiger partial charge is 0.228 e. The summed E-state index contributed by atoms with van der Waals surface area (Å²) in [6, 6.07) is 0. The number of likely N-dealkylation sites (tertiary alicyclic amines) is 1. The van der Waals surface area contributed by atoms with E-state index in [2.05, 4.69) is 39.5 Å². The number of hydrogen-bond acceptors (Lipinski definition) is 1. The summed E-state index contributed by atoms with van der Waals surface area (Å²) in [6.07, 6.45) is 3.42. The minimum absolute atomic E-state index is 0.0213. The molecule has 1 aliphatic carbocycles. The molecule has 2 rings (SSSR count). The maximum atomic E-state index is 12.5. The van der Waals surface area contributed by atoms with E-state index in [9.17, 15) is 4.79 Å². The Bertz CT molecular complexity index is 311. The number of rotatable bonds is 1. The van der Waals surface area contributed by atoms with Gasteiger partial charge < -0.3 is 4.90 Å². The van der Waals surface area contributed by atoms with Crippen molar-refractivity contribution in [2.24, 2.45) is 22.7 Å². The van der Waals surface area contributed by atoms with Gasteiger partial charge in [0.15, 0.2) is 0 Å². The number of carbonyl (C=O) groups excluding carboxylic acids is 1. The highest BCUT2D eigenvalue weighted by Crippen LogP contribution is 2.45. The van der Waals surface area contributed by atoms with E-state index in [1.165, 1.54) is 6.42 Å². The van der Waals surface area contributed by atoms with Gasteiger partial charge in [0.2, 0.25) is 5.91 Å². The molecule has 1 aliphatic heterocycles. The van der Waals surface area contributed by atoms with Gasteiger partial charge in [-0.25, -0.2) is 0 Å². The molecule has 1 heterocycles. The van der Waals surface area contributed by atoms with Crippen LogP contribution < -0.4 is 0 Å². The second-order valence-corrected chi connectivity index (χ2v) is 7.57. The topological polar surface area (TPSA) is 20.3 Å². The first-order chi connectivity index (χ1) is 7.74. The molecule has 2 atom stereocenters. The third kappa shape index (κ3) is 2.23. The fourth-order valence-corrected chi connectivity index (χ4v) is 3.56. The maximum absolute atomic E-state index is 12.5. The average molecular weight is 237 g/mol.